The molecule has 2 saturated heterocycles. The monoisotopic (exact) mass is 304 g/mol. The highest BCUT2D eigenvalue weighted by molar-refractivity contribution is 7.91. The molecule has 2 atom stereocenters. The van der Waals surface area contributed by atoms with Crippen LogP contribution in [0.5, 0.6) is 0 Å². The molecule has 7 nitrogen and oxygen atoms in total. The van der Waals surface area contributed by atoms with Crippen LogP contribution >= 0.6 is 0 Å². The molecule has 2 unspecified atom stereocenters. The molecule has 114 valence electrons. The van der Waals surface area contributed by atoms with E-state index in [1.54, 1.807) is 0 Å². The van der Waals surface area contributed by atoms with Crippen molar-refractivity contribution >= 4 is 21.8 Å². The predicted octanol–water partition coefficient (Wildman–Crippen LogP) is 0.0219. The summed E-state index contributed by atoms with van der Waals surface area (Å²) >= 11 is 0. The van der Waals surface area contributed by atoms with Gasteiger partial charge >= 0.3 is 12.0 Å². The van der Waals surface area contributed by atoms with E-state index in [0.717, 1.165) is 12.8 Å². The van der Waals surface area contributed by atoms with Crippen LogP contribution in [0.1, 0.15) is 19.8 Å². The van der Waals surface area contributed by atoms with Crippen LogP contribution in [0.15, 0.2) is 0 Å². The maximum Gasteiger partial charge on any atom is 0.326 e. The molecule has 2 aliphatic rings. The van der Waals surface area contributed by atoms with Crippen LogP contribution in [0.25, 0.3) is 0 Å². The number of carbonyl (C=O) groups excluding carboxylic acids is 1. The van der Waals surface area contributed by atoms with E-state index < -0.39 is 21.8 Å². The van der Waals surface area contributed by atoms with Gasteiger partial charge in [-0.1, -0.05) is 6.92 Å². The number of aliphatic carboxylic acids is 1. The van der Waals surface area contributed by atoms with Crippen LogP contribution in [-0.2, 0) is 14.6 Å². The number of amides is 2. The van der Waals surface area contributed by atoms with Crippen LogP contribution in [0.4, 0.5) is 4.79 Å². The van der Waals surface area contributed by atoms with E-state index in [1.165, 1.54) is 9.80 Å². The molecule has 0 spiro atoms. The highest BCUT2D eigenvalue weighted by Gasteiger charge is 2.39. The van der Waals surface area contributed by atoms with Crippen molar-refractivity contribution in [2.24, 2.45) is 5.92 Å². The molecule has 8 heteroatoms. The summed E-state index contributed by atoms with van der Waals surface area (Å²) in [6, 6.07) is -1.16. The Morgan fingerprint density at radius 1 is 1.15 bits per heavy atom. The van der Waals surface area contributed by atoms with Crippen molar-refractivity contribution < 1.29 is 23.1 Å². The van der Waals surface area contributed by atoms with Crippen LogP contribution in [-0.4, -0.2) is 72.5 Å². The Kier molecular flexibility index (Phi) is 4.22. The second-order valence-corrected chi connectivity index (χ2v) is 7.82. The zero-order chi connectivity index (χ0) is 14.9. The fourth-order valence-corrected chi connectivity index (χ4v) is 4.07. The molecule has 20 heavy (non-hydrogen) atoms. The lowest BCUT2D eigenvalue weighted by molar-refractivity contribution is -0.145. The number of likely N-dealkylation sites (tertiary alicyclic amines) is 1. The molecule has 2 rings (SSSR count). The first kappa shape index (κ1) is 15.1. The summed E-state index contributed by atoms with van der Waals surface area (Å²) in [7, 11) is -3.05. The van der Waals surface area contributed by atoms with Crippen molar-refractivity contribution in [2.45, 2.75) is 25.8 Å². The maximum absolute atomic E-state index is 12.4. The lowest BCUT2D eigenvalue weighted by Gasteiger charge is -2.40. The summed E-state index contributed by atoms with van der Waals surface area (Å²) in [5, 5.41) is 9.30. The fraction of sp³-hybridized carbons (Fsp3) is 0.833. The lowest BCUT2D eigenvalue weighted by atomic mass is 9.91. The first-order chi connectivity index (χ1) is 9.32. The van der Waals surface area contributed by atoms with Crippen molar-refractivity contribution in [3.05, 3.63) is 0 Å². The van der Waals surface area contributed by atoms with Crippen molar-refractivity contribution in [1.29, 1.82) is 0 Å². The van der Waals surface area contributed by atoms with Crippen LogP contribution in [0.2, 0.25) is 0 Å². The summed E-state index contributed by atoms with van der Waals surface area (Å²) in [6.45, 7) is 2.55. The summed E-state index contributed by atoms with van der Waals surface area (Å²) in [5.41, 5.74) is 0. The molecule has 0 aromatic heterocycles. The average molecular weight is 304 g/mol. The van der Waals surface area contributed by atoms with Gasteiger partial charge in [0.15, 0.2) is 9.84 Å². The third kappa shape index (κ3) is 3.05. The van der Waals surface area contributed by atoms with E-state index in [0.29, 0.717) is 6.54 Å². The first-order valence-corrected chi connectivity index (χ1v) is 8.63. The van der Waals surface area contributed by atoms with Crippen molar-refractivity contribution in [1.82, 2.24) is 9.80 Å². The van der Waals surface area contributed by atoms with Gasteiger partial charge in [-0.3, -0.25) is 0 Å². The van der Waals surface area contributed by atoms with Gasteiger partial charge in [0.05, 0.1) is 11.5 Å². The van der Waals surface area contributed by atoms with E-state index >= 15 is 0 Å². The summed E-state index contributed by atoms with van der Waals surface area (Å²) in [5.74, 6) is -1.16. The number of hydrogen-bond acceptors (Lipinski definition) is 4. The molecule has 0 saturated carbocycles. The Bertz CT molecular complexity index is 490. The molecular weight excluding hydrogens is 284 g/mol. The minimum atomic E-state index is -3.05. The van der Waals surface area contributed by atoms with Gasteiger partial charge in [0.1, 0.15) is 6.04 Å². The number of sulfone groups is 1. The lowest BCUT2D eigenvalue weighted by Crippen LogP contribution is -2.58. The molecule has 2 aliphatic heterocycles. The normalized spacial score (nSPS) is 30.1. The average Bonchev–Trinajstić information content (AvgIpc) is 2.37. The molecular formula is C12H20N2O5S. The van der Waals surface area contributed by atoms with Gasteiger partial charge in [-0.25, -0.2) is 18.0 Å². The number of carboxylic acid groups (broad SMARTS) is 1. The molecule has 0 bridgehead atoms. The highest BCUT2D eigenvalue weighted by atomic mass is 32.2. The Balaban J connectivity index is 2.09. The first-order valence-electron chi connectivity index (χ1n) is 6.80. The molecule has 2 heterocycles. The maximum atomic E-state index is 12.4. The van der Waals surface area contributed by atoms with Gasteiger partial charge < -0.3 is 14.9 Å². The minimum absolute atomic E-state index is 0.0418. The number of nitrogens with zero attached hydrogens (tertiary/aromatic N) is 2. The van der Waals surface area contributed by atoms with E-state index in [1.807, 2.05) is 6.92 Å². The summed E-state index contributed by atoms with van der Waals surface area (Å²) < 4.78 is 22.7. The zero-order valence-corrected chi connectivity index (χ0v) is 12.3. The zero-order valence-electron chi connectivity index (χ0n) is 11.5. The SMILES string of the molecule is CC1CCCN(C(=O)N2CCS(=O)(=O)CC2)C1C(=O)O. The van der Waals surface area contributed by atoms with E-state index in [-0.39, 0.29) is 36.5 Å². The Hall–Kier alpha value is -1.31. The third-order valence-electron chi connectivity index (χ3n) is 4.05. The van der Waals surface area contributed by atoms with Crippen molar-refractivity contribution in [3.63, 3.8) is 0 Å². The number of hydrogen-bond donors (Lipinski definition) is 1. The van der Waals surface area contributed by atoms with Gasteiger partial charge in [0, 0.05) is 19.6 Å². The standard InChI is InChI=1S/C12H20N2O5S/c1-9-3-2-4-14(10(9)11(15)16)12(17)13-5-7-20(18,19)8-6-13/h9-10H,2-8H2,1H3,(H,15,16). The number of urea groups is 1. The van der Waals surface area contributed by atoms with Gasteiger partial charge in [0.2, 0.25) is 0 Å². The topological polar surface area (TPSA) is 95.0 Å². The molecule has 0 aliphatic carbocycles. The molecule has 0 aromatic rings. The summed E-state index contributed by atoms with van der Waals surface area (Å²) in [6.07, 6.45) is 1.57. The smallest absolute Gasteiger partial charge is 0.326 e. The molecule has 1 N–H and O–H groups in total. The number of carbonyl (C=O) groups is 2. The number of piperidine rings is 1. The predicted molar refractivity (Wildman–Crippen MR) is 72.2 cm³/mol. The van der Waals surface area contributed by atoms with E-state index in [2.05, 4.69) is 0 Å². The van der Waals surface area contributed by atoms with Crippen molar-refractivity contribution in [3.8, 4) is 0 Å². The van der Waals surface area contributed by atoms with Crippen LogP contribution in [0.3, 0.4) is 0 Å². The summed E-state index contributed by atoms with van der Waals surface area (Å²) in [4.78, 5) is 26.6. The van der Waals surface area contributed by atoms with Gasteiger partial charge in [-0.2, -0.15) is 0 Å². The molecule has 0 aromatic carbocycles. The quantitative estimate of drug-likeness (QED) is 0.737. The largest absolute Gasteiger partial charge is 0.480 e. The Morgan fingerprint density at radius 2 is 1.75 bits per heavy atom. The number of rotatable bonds is 1. The van der Waals surface area contributed by atoms with Gasteiger partial charge in [-0.05, 0) is 18.8 Å². The third-order valence-corrected chi connectivity index (χ3v) is 5.66. The van der Waals surface area contributed by atoms with Crippen LogP contribution < -0.4 is 0 Å². The van der Waals surface area contributed by atoms with Crippen molar-refractivity contribution in [2.75, 3.05) is 31.1 Å². The molecule has 0 radical (unpaired) electrons. The fourth-order valence-electron chi connectivity index (χ4n) is 2.86. The number of carboxylic acids is 1. The van der Waals surface area contributed by atoms with E-state index in [4.69, 9.17) is 0 Å². The molecule has 2 amide bonds. The second kappa shape index (κ2) is 5.59. The molecule has 2 fully saturated rings. The van der Waals surface area contributed by atoms with Gasteiger partial charge in [-0.15, -0.1) is 0 Å². The van der Waals surface area contributed by atoms with Gasteiger partial charge in [0.25, 0.3) is 0 Å². The highest BCUT2D eigenvalue weighted by Crippen LogP contribution is 2.25. The Morgan fingerprint density at radius 3 is 2.30 bits per heavy atom. The second-order valence-electron chi connectivity index (χ2n) is 5.52. The minimum Gasteiger partial charge on any atom is -0.480 e. The van der Waals surface area contributed by atoms with E-state index in [9.17, 15) is 23.1 Å². The Labute approximate surface area is 118 Å². The van der Waals surface area contributed by atoms with Crippen LogP contribution in [0, 0.1) is 5.92 Å².